The quantitative estimate of drug-likeness (QED) is 0.645. The summed E-state index contributed by atoms with van der Waals surface area (Å²) < 4.78 is 0. The molecule has 1 atom stereocenters. The van der Waals surface area contributed by atoms with Gasteiger partial charge >= 0.3 is 0 Å². The molecule has 1 heterocycles. The Morgan fingerprint density at radius 2 is 2.13 bits per heavy atom. The lowest BCUT2D eigenvalue weighted by Crippen LogP contribution is -1.95. The van der Waals surface area contributed by atoms with Gasteiger partial charge in [-0.2, -0.15) is 0 Å². The number of alkyl halides is 1. The zero-order valence-corrected chi connectivity index (χ0v) is 11.7. The van der Waals surface area contributed by atoms with Gasteiger partial charge in [-0.25, -0.2) is 0 Å². The minimum Gasteiger partial charge on any atom is -0.145 e. The summed E-state index contributed by atoms with van der Waals surface area (Å²) in [7, 11) is 0. The molecule has 1 aromatic rings. The van der Waals surface area contributed by atoms with Crippen molar-refractivity contribution in [3.63, 3.8) is 0 Å². The SMILES string of the molecule is Cc1ccc(C(Br)CCC2CCCC2)s1. The van der Waals surface area contributed by atoms with Crippen molar-refractivity contribution in [3.8, 4) is 0 Å². The van der Waals surface area contributed by atoms with Crippen molar-refractivity contribution < 1.29 is 0 Å². The maximum absolute atomic E-state index is 3.82. The molecule has 1 aliphatic rings. The zero-order chi connectivity index (χ0) is 10.7. The molecule has 84 valence electrons. The van der Waals surface area contributed by atoms with Crippen LogP contribution in [-0.4, -0.2) is 0 Å². The Labute approximate surface area is 105 Å². The van der Waals surface area contributed by atoms with Gasteiger partial charge in [0.1, 0.15) is 0 Å². The number of hydrogen-bond donors (Lipinski definition) is 0. The van der Waals surface area contributed by atoms with E-state index in [9.17, 15) is 0 Å². The van der Waals surface area contributed by atoms with Gasteiger partial charge in [-0.1, -0.05) is 41.6 Å². The number of halogens is 1. The summed E-state index contributed by atoms with van der Waals surface area (Å²) in [6.45, 7) is 2.19. The van der Waals surface area contributed by atoms with Crippen LogP contribution in [0.5, 0.6) is 0 Å². The molecule has 1 unspecified atom stereocenters. The van der Waals surface area contributed by atoms with E-state index in [2.05, 4.69) is 35.0 Å². The monoisotopic (exact) mass is 286 g/mol. The van der Waals surface area contributed by atoms with E-state index in [1.165, 1.54) is 48.3 Å². The average molecular weight is 287 g/mol. The topological polar surface area (TPSA) is 0 Å². The average Bonchev–Trinajstić information content (AvgIpc) is 2.84. The van der Waals surface area contributed by atoms with Crippen molar-refractivity contribution in [1.82, 2.24) is 0 Å². The molecule has 0 N–H and O–H groups in total. The van der Waals surface area contributed by atoms with Crippen molar-refractivity contribution in [2.45, 2.75) is 50.3 Å². The molecular formula is C13H19BrS. The smallest absolute Gasteiger partial charge is 0.0489 e. The fourth-order valence-corrected chi connectivity index (χ4v) is 4.03. The summed E-state index contributed by atoms with van der Waals surface area (Å²) in [5.41, 5.74) is 0. The first-order chi connectivity index (χ1) is 7.25. The van der Waals surface area contributed by atoms with Gasteiger partial charge in [0.15, 0.2) is 0 Å². The van der Waals surface area contributed by atoms with Gasteiger partial charge in [-0.3, -0.25) is 0 Å². The molecule has 1 aromatic heterocycles. The Balaban J connectivity index is 1.79. The Morgan fingerprint density at radius 1 is 1.40 bits per heavy atom. The van der Waals surface area contributed by atoms with Gasteiger partial charge < -0.3 is 0 Å². The van der Waals surface area contributed by atoms with Gasteiger partial charge in [0.2, 0.25) is 0 Å². The van der Waals surface area contributed by atoms with E-state index in [0.717, 1.165) is 5.92 Å². The lowest BCUT2D eigenvalue weighted by atomic mass is 10.0. The Bertz CT molecular complexity index is 299. The van der Waals surface area contributed by atoms with Crippen LogP contribution in [0.3, 0.4) is 0 Å². The van der Waals surface area contributed by atoms with Crippen LogP contribution < -0.4 is 0 Å². The lowest BCUT2D eigenvalue weighted by molar-refractivity contribution is 0.484. The standard InChI is InChI=1S/C13H19BrS/c1-10-6-9-13(15-10)12(14)8-7-11-4-2-3-5-11/h6,9,11-12H,2-5,7-8H2,1H3. The second-order valence-corrected chi connectivity index (χ2v) is 7.07. The van der Waals surface area contributed by atoms with Gasteiger partial charge in [0.25, 0.3) is 0 Å². The van der Waals surface area contributed by atoms with Crippen molar-refractivity contribution in [2.24, 2.45) is 5.92 Å². The van der Waals surface area contributed by atoms with E-state index < -0.39 is 0 Å². The van der Waals surface area contributed by atoms with E-state index in [0.29, 0.717) is 4.83 Å². The summed E-state index contributed by atoms with van der Waals surface area (Å²) in [4.78, 5) is 3.53. The predicted octanol–water partition coefficient (Wildman–Crippen LogP) is 5.46. The third-order valence-electron chi connectivity index (χ3n) is 3.37. The highest BCUT2D eigenvalue weighted by Gasteiger charge is 2.17. The zero-order valence-electron chi connectivity index (χ0n) is 9.34. The van der Waals surface area contributed by atoms with Gasteiger partial charge in [0.05, 0.1) is 0 Å². The van der Waals surface area contributed by atoms with Crippen LogP contribution >= 0.6 is 27.3 Å². The minimum absolute atomic E-state index is 0.594. The molecular weight excluding hydrogens is 268 g/mol. The van der Waals surface area contributed by atoms with E-state index in [1.54, 1.807) is 0 Å². The lowest BCUT2D eigenvalue weighted by Gasteiger charge is -2.11. The summed E-state index contributed by atoms with van der Waals surface area (Å²) in [6, 6.07) is 4.50. The molecule has 2 rings (SSSR count). The first-order valence-corrected chi connectivity index (χ1v) is 7.69. The molecule has 0 nitrogen and oxygen atoms in total. The van der Waals surface area contributed by atoms with Gasteiger partial charge in [0, 0.05) is 14.6 Å². The molecule has 0 saturated heterocycles. The summed E-state index contributed by atoms with van der Waals surface area (Å²) in [6.07, 6.45) is 8.61. The molecule has 0 spiro atoms. The molecule has 0 bridgehead atoms. The molecule has 1 aliphatic carbocycles. The van der Waals surface area contributed by atoms with E-state index >= 15 is 0 Å². The van der Waals surface area contributed by atoms with E-state index in [1.807, 2.05) is 11.3 Å². The van der Waals surface area contributed by atoms with E-state index in [4.69, 9.17) is 0 Å². The predicted molar refractivity (Wildman–Crippen MR) is 71.9 cm³/mol. The van der Waals surface area contributed by atoms with Crippen molar-refractivity contribution in [3.05, 3.63) is 21.9 Å². The van der Waals surface area contributed by atoms with Crippen LogP contribution in [0.4, 0.5) is 0 Å². The Hall–Kier alpha value is 0.180. The molecule has 1 fully saturated rings. The van der Waals surface area contributed by atoms with Crippen LogP contribution in [0.15, 0.2) is 12.1 Å². The van der Waals surface area contributed by atoms with Crippen LogP contribution in [0.25, 0.3) is 0 Å². The first-order valence-electron chi connectivity index (χ1n) is 5.96. The molecule has 0 aliphatic heterocycles. The van der Waals surface area contributed by atoms with Crippen molar-refractivity contribution >= 4 is 27.3 Å². The van der Waals surface area contributed by atoms with Crippen LogP contribution in [0, 0.1) is 12.8 Å². The fourth-order valence-electron chi connectivity index (χ4n) is 2.45. The normalized spacial score (nSPS) is 19.6. The highest BCUT2D eigenvalue weighted by molar-refractivity contribution is 9.09. The van der Waals surface area contributed by atoms with Gasteiger partial charge in [-0.15, -0.1) is 11.3 Å². The number of thiophene rings is 1. The van der Waals surface area contributed by atoms with E-state index in [-0.39, 0.29) is 0 Å². The van der Waals surface area contributed by atoms with Crippen LogP contribution in [0.1, 0.15) is 53.1 Å². The van der Waals surface area contributed by atoms with Gasteiger partial charge in [-0.05, 0) is 37.8 Å². The molecule has 0 radical (unpaired) electrons. The van der Waals surface area contributed by atoms with Crippen molar-refractivity contribution in [1.29, 1.82) is 0 Å². The first kappa shape index (κ1) is 11.7. The second kappa shape index (κ2) is 5.49. The maximum Gasteiger partial charge on any atom is 0.0489 e. The highest BCUT2D eigenvalue weighted by Crippen LogP contribution is 2.37. The molecule has 0 amide bonds. The van der Waals surface area contributed by atoms with Crippen LogP contribution in [-0.2, 0) is 0 Å². The largest absolute Gasteiger partial charge is 0.145 e. The molecule has 1 saturated carbocycles. The van der Waals surface area contributed by atoms with Crippen molar-refractivity contribution in [2.75, 3.05) is 0 Å². The summed E-state index contributed by atoms with van der Waals surface area (Å²) >= 11 is 5.75. The summed E-state index contributed by atoms with van der Waals surface area (Å²) in [5, 5.41) is 0. The third-order valence-corrected chi connectivity index (χ3v) is 5.74. The van der Waals surface area contributed by atoms with Crippen LogP contribution in [0.2, 0.25) is 0 Å². The highest BCUT2D eigenvalue weighted by atomic mass is 79.9. The molecule has 2 heteroatoms. The number of hydrogen-bond acceptors (Lipinski definition) is 1. The third kappa shape index (κ3) is 3.32. The fraction of sp³-hybridized carbons (Fsp3) is 0.692. The maximum atomic E-state index is 3.82. The number of rotatable bonds is 4. The Morgan fingerprint density at radius 3 is 2.73 bits per heavy atom. The summed E-state index contributed by atoms with van der Waals surface area (Å²) in [5.74, 6) is 1.02. The molecule has 15 heavy (non-hydrogen) atoms. The number of aryl methyl sites for hydroxylation is 1. The second-order valence-electron chi connectivity index (χ2n) is 4.64. The molecule has 0 aromatic carbocycles. The Kier molecular flexibility index (Phi) is 4.27. The minimum atomic E-state index is 0.594.